The number of rotatable bonds is 3. The Labute approximate surface area is 119 Å². The second-order valence-electron chi connectivity index (χ2n) is 5.88. The Morgan fingerprint density at radius 1 is 1.00 bits per heavy atom. The molecule has 1 heterocycles. The topological polar surface area (TPSA) is 29.5 Å². The minimum atomic E-state index is -0.368. The summed E-state index contributed by atoms with van der Waals surface area (Å²) in [6, 6.07) is 18.6. The van der Waals surface area contributed by atoms with Gasteiger partial charge in [0.1, 0.15) is 11.9 Å². The number of benzene rings is 2. The molecular formula is C18H18O2. The predicted octanol–water partition coefficient (Wildman–Crippen LogP) is 3.15. The highest BCUT2D eigenvalue weighted by atomic mass is 16.5. The van der Waals surface area contributed by atoms with E-state index in [2.05, 4.69) is 30.3 Å². The van der Waals surface area contributed by atoms with E-state index in [4.69, 9.17) is 4.74 Å². The summed E-state index contributed by atoms with van der Waals surface area (Å²) in [4.78, 5) is 0. The van der Waals surface area contributed by atoms with Crippen LogP contribution < -0.4 is 4.74 Å². The fraction of sp³-hybridized carbons (Fsp3) is 0.333. The lowest BCUT2D eigenvalue weighted by molar-refractivity contribution is 0.0332. The number of fused-ring (bicyclic) bond motifs is 1. The van der Waals surface area contributed by atoms with Gasteiger partial charge in [-0.05, 0) is 35.4 Å². The van der Waals surface area contributed by atoms with Gasteiger partial charge in [-0.15, -0.1) is 0 Å². The van der Waals surface area contributed by atoms with Crippen LogP contribution >= 0.6 is 0 Å². The zero-order valence-electron chi connectivity index (χ0n) is 11.3. The van der Waals surface area contributed by atoms with Gasteiger partial charge in [-0.2, -0.15) is 0 Å². The average Bonchev–Trinajstić information content (AvgIpc) is 3.18. The maximum absolute atomic E-state index is 10.6. The highest BCUT2D eigenvalue weighted by molar-refractivity contribution is 5.38. The van der Waals surface area contributed by atoms with E-state index in [1.807, 2.05) is 24.3 Å². The molecule has 20 heavy (non-hydrogen) atoms. The van der Waals surface area contributed by atoms with E-state index in [0.717, 1.165) is 18.6 Å². The van der Waals surface area contributed by atoms with Gasteiger partial charge < -0.3 is 9.84 Å². The van der Waals surface area contributed by atoms with Crippen LogP contribution in [0.15, 0.2) is 54.6 Å². The predicted molar refractivity (Wildman–Crippen MR) is 77.9 cm³/mol. The molecule has 4 unspecified atom stereocenters. The Morgan fingerprint density at radius 2 is 1.75 bits per heavy atom. The van der Waals surface area contributed by atoms with Gasteiger partial charge in [0.25, 0.3) is 0 Å². The molecule has 102 valence electrons. The van der Waals surface area contributed by atoms with Gasteiger partial charge in [0.2, 0.25) is 0 Å². The normalized spacial score (nSPS) is 28.6. The lowest BCUT2D eigenvalue weighted by Crippen LogP contribution is -2.32. The van der Waals surface area contributed by atoms with Crippen LogP contribution in [0.2, 0.25) is 0 Å². The summed E-state index contributed by atoms with van der Waals surface area (Å²) in [6.45, 7) is 0. The molecule has 1 saturated carbocycles. The van der Waals surface area contributed by atoms with Crippen LogP contribution in [0, 0.1) is 5.92 Å². The average molecular weight is 266 g/mol. The molecule has 4 rings (SSSR count). The van der Waals surface area contributed by atoms with Gasteiger partial charge in [-0.3, -0.25) is 0 Å². The first-order valence-electron chi connectivity index (χ1n) is 7.30. The Bertz CT molecular complexity index is 583. The lowest BCUT2D eigenvalue weighted by Gasteiger charge is -2.18. The van der Waals surface area contributed by atoms with Crippen molar-refractivity contribution < 1.29 is 9.84 Å². The number of hydrogen-bond donors (Lipinski definition) is 1. The van der Waals surface area contributed by atoms with Crippen LogP contribution in [0.1, 0.15) is 23.5 Å². The summed E-state index contributed by atoms with van der Waals surface area (Å²) in [5.74, 6) is 1.78. The van der Waals surface area contributed by atoms with Crippen molar-refractivity contribution in [2.45, 2.75) is 31.0 Å². The standard InChI is InChI=1S/C18H18O2/c19-18(15-11-14(15)12-6-2-1-3-7-12)17-10-13-8-4-5-9-16(13)20-17/h1-9,14-15,17-19H,10-11H2. The van der Waals surface area contributed by atoms with Crippen LogP contribution in [0.4, 0.5) is 0 Å². The van der Waals surface area contributed by atoms with Crippen LogP contribution in [0.25, 0.3) is 0 Å². The van der Waals surface area contributed by atoms with Crippen molar-refractivity contribution >= 4 is 0 Å². The van der Waals surface area contributed by atoms with Crippen molar-refractivity contribution in [2.24, 2.45) is 5.92 Å². The summed E-state index contributed by atoms with van der Waals surface area (Å²) < 4.78 is 5.90. The molecule has 1 aliphatic heterocycles. The van der Waals surface area contributed by atoms with Gasteiger partial charge in [0, 0.05) is 6.42 Å². The molecule has 0 spiro atoms. The Balaban J connectivity index is 1.45. The van der Waals surface area contributed by atoms with E-state index >= 15 is 0 Å². The molecule has 0 aromatic heterocycles. The first-order valence-corrected chi connectivity index (χ1v) is 7.30. The Morgan fingerprint density at radius 3 is 2.55 bits per heavy atom. The third-order valence-electron chi connectivity index (χ3n) is 4.56. The molecule has 2 aliphatic rings. The first kappa shape index (κ1) is 12.0. The number of aliphatic hydroxyl groups is 1. The molecular weight excluding hydrogens is 248 g/mol. The van der Waals surface area contributed by atoms with Crippen LogP contribution in [0.5, 0.6) is 5.75 Å². The second kappa shape index (κ2) is 4.64. The zero-order chi connectivity index (χ0) is 13.5. The van der Waals surface area contributed by atoms with E-state index < -0.39 is 0 Å². The van der Waals surface area contributed by atoms with Gasteiger partial charge in [0.05, 0.1) is 6.10 Å². The largest absolute Gasteiger partial charge is 0.487 e. The lowest BCUT2D eigenvalue weighted by atomic mass is 10.0. The Hall–Kier alpha value is -1.80. The quantitative estimate of drug-likeness (QED) is 0.924. The monoisotopic (exact) mass is 266 g/mol. The van der Waals surface area contributed by atoms with Crippen molar-refractivity contribution in [3.8, 4) is 5.75 Å². The van der Waals surface area contributed by atoms with Crippen molar-refractivity contribution in [2.75, 3.05) is 0 Å². The second-order valence-corrected chi connectivity index (χ2v) is 5.88. The van der Waals surface area contributed by atoms with E-state index in [1.54, 1.807) is 0 Å². The maximum Gasteiger partial charge on any atom is 0.129 e. The third kappa shape index (κ3) is 2.01. The van der Waals surface area contributed by atoms with E-state index in [0.29, 0.717) is 11.8 Å². The molecule has 2 aromatic carbocycles. The van der Waals surface area contributed by atoms with Crippen molar-refractivity contribution in [3.63, 3.8) is 0 Å². The Kier molecular flexibility index (Phi) is 2.78. The van der Waals surface area contributed by atoms with Crippen molar-refractivity contribution in [1.29, 1.82) is 0 Å². The molecule has 0 radical (unpaired) electrons. The number of para-hydroxylation sites is 1. The maximum atomic E-state index is 10.6. The molecule has 2 heteroatoms. The fourth-order valence-corrected chi connectivity index (χ4v) is 3.35. The smallest absolute Gasteiger partial charge is 0.129 e. The number of hydrogen-bond acceptors (Lipinski definition) is 2. The molecule has 2 nitrogen and oxygen atoms in total. The van der Waals surface area contributed by atoms with Crippen molar-refractivity contribution in [3.05, 3.63) is 65.7 Å². The van der Waals surface area contributed by atoms with Gasteiger partial charge >= 0.3 is 0 Å². The summed E-state index contributed by atoms with van der Waals surface area (Å²) in [5, 5.41) is 10.6. The van der Waals surface area contributed by atoms with Crippen molar-refractivity contribution in [1.82, 2.24) is 0 Å². The van der Waals surface area contributed by atoms with Gasteiger partial charge in [-0.1, -0.05) is 48.5 Å². The van der Waals surface area contributed by atoms with Gasteiger partial charge in [0.15, 0.2) is 0 Å². The number of aliphatic hydroxyl groups excluding tert-OH is 1. The molecule has 0 saturated heterocycles. The van der Waals surface area contributed by atoms with Crippen LogP contribution in [-0.2, 0) is 6.42 Å². The molecule has 4 atom stereocenters. The highest BCUT2D eigenvalue weighted by Crippen LogP contribution is 2.51. The van der Waals surface area contributed by atoms with Crippen LogP contribution in [0.3, 0.4) is 0 Å². The number of ether oxygens (including phenoxy) is 1. The minimum Gasteiger partial charge on any atom is -0.487 e. The van der Waals surface area contributed by atoms with Gasteiger partial charge in [-0.25, -0.2) is 0 Å². The van der Waals surface area contributed by atoms with E-state index in [1.165, 1.54) is 11.1 Å². The summed E-state index contributed by atoms with van der Waals surface area (Å²) in [5.41, 5.74) is 2.56. The SMILES string of the molecule is OC(C1Cc2ccccc2O1)C1CC1c1ccccc1. The highest BCUT2D eigenvalue weighted by Gasteiger charge is 2.47. The van der Waals surface area contributed by atoms with E-state index in [9.17, 15) is 5.11 Å². The molecule has 1 N–H and O–H groups in total. The molecule has 2 aromatic rings. The summed E-state index contributed by atoms with van der Waals surface area (Å²) >= 11 is 0. The molecule has 0 amide bonds. The third-order valence-corrected chi connectivity index (χ3v) is 4.56. The molecule has 0 bridgehead atoms. The molecule has 1 aliphatic carbocycles. The fourth-order valence-electron chi connectivity index (χ4n) is 3.35. The molecule has 1 fully saturated rings. The minimum absolute atomic E-state index is 0.0777. The summed E-state index contributed by atoms with van der Waals surface area (Å²) in [7, 11) is 0. The first-order chi connectivity index (χ1) is 9.83. The zero-order valence-corrected chi connectivity index (χ0v) is 11.3. The summed E-state index contributed by atoms with van der Waals surface area (Å²) in [6.07, 6.45) is 1.45. The van der Waals surface area contributed by atoms with Crippen LogP contribution in [-0.4, -0.2) is 17.3 Å². The van der Waals surface area contributed by atoms with E-state index in [-0.39, 0.29) is 12.2 Å².